The number of amides is 2. The molecular formula is C23H20ClF4N3O3S. The number of anilines is 2. The first-order valence-electron chi connectivity index (χ1n) is 10.2. The van der Waals surface area contributed by atoms with Crippen molar-refractivity contribution < 1.29 is 30.8 Å². The second kappa shape index (κ2) is 11.1. The van der Waals surface area contributed by atoms with Gasteiger partial charge in [0.25, 0.3) is 0 Å². The average molecular weight is 530 g/mol. The number of halogens is 5. The minimum atomic E-state index is -4.61. The van der Waals surface area contributed by atoms with Crippen LogP contribution in [0.1, 0.15) is 12.0 Å². The van der Waals surface area contributed by atoms with E-state index in [4.69, 9.17) is 11.6 Å². The Morgan fingerprint density at radius 1 is 0.971 bits per heavy atom. The highest BCUT2D eigenvalue weighted by atomic mass is 35.5. The van der Waals surface area contributed by atoms with Crippen LogP contribution in [-0.2, 0) is 16.2 Å². The monoisotopic (exact) mass is 529 g/mol. The summed E-state index contributed by atoms with van der Waals surface area (Å²) in [6.45, 7) is -0.226. The van der Waals surface area contributed by atoms with E-state index in [-0.39, 0.29) is 30.1 Å². The van der Waals surface area contributed by atoms with E-state index in [1.807, 2.05) is 0 Å². The van der Waals surface area contributed by atoms with Gasteiger partial charge in [-0.15, -0.1) is 0 Å². The van der Waals surface area contributed by atoms with Crippen LogP contribution in [-0.4, -0.2) is 27.5 Å². The van der Waals surface area contributed by atoms with Crippen LogP contribution in [0, 0.1) is 5.82 Å². The fourth-order valence-electron chi connectivity index (χ4n) is 3.06. The first kappa shape index (κ1) is 26.5. The molecule has 0 heterocycles. The fourth-order valence-corrected chi connectivity index (χ4v) is 4.26. The summed E-state index contributed by atoms with van der Waals surface area (Å²) < 4.78 is 79.7. The third kappa shape index (κ3) is 7.41. The Hall–Kier alpha value is -3.15. The highest BCUT2D eigenvalue weighted by Gasteiger charge is 2.31. The molecule has 12 heteroatoms. The Morgan fingerprint density at radius 3 is 2.26 bits per heavy atom. The van der Waals surface area contributed by atoms with Gasteiger partial charge in [0.1, 0.15) is 5.82 Å². The predicted molar refractivity (Wildman–Crippen MR) is 125 cm³/mol. The summed E-state index contributed by atoms with van der Waals surface area (Å²) in [5.74, 6) is -0.590. The van der Waals surface area contributed by atoms with E-state index in [0.29, 0.717) is 10.7 Å². The first-order chi connectivity index (χ1) is 16.5. The molecule has 0 aromatic heterocycles. The molecule has 0 unspecified atom stereocenters. The normalized spacial score (nSPS) is 11.8. The molecule has 3 rings (SSSR count). The molecule has 0 spiro atoms. The smallest absolute Gasteiger partial charge is 0.308 e. The highest BCUT2D eigenvalue weighted by molar-refractivity contribution is 7.89. The summed E-state index contributed by atoms with van der Waals surface area (Å²) in [6.07, 6.45) is -4.54. The molecular weight excluding hydrogens is 510 g/mol. The van der Waals surface area contributed by atoms with Gasteiger partial charge in [-0.1, -0.05) is 17.7 Å². The van der Waals surface area contributed by atoms with Gasteiger partial charge in [0.15, 0.2) is 0 Å². The Labute approximate surface area is 204 Å². The van der Waals surface area contributed by atoms with Gasteiger partial charge in [-0.3, -0.25) is 4.90 Å². The van der Waals surface area contributed by atoms with Crippen molar-refractivity contribution >= 4 is 39.0 Å². The van der Waals surface area contributed by atoms with Crippen molar-refractivity contribution in [3.63, 3.8) is 0 Å². The minimum absolute atomic E-state index is 0.0207. The maximum atomic E-state index is 13.2. The summed E-state index contributed by atoms with van der Waals surface area (Å²) in [5, 5.41) is 3.02. The quantitative estimate of drug-likeness (QED) is 0.281. The van der Waals surface area contributed by atoms with Crippen molar-refractivity contribution in [2.45, 2.75) is 17.5 Å². The van der Waals surface area contributed by atoms with Crippen molar-refractivity contribution in [2.75, 3.05) is 23.3 Å². The molecule has 0 radical (unpaired) electrons. The molecule has 0 aliphatic carbocycles. The standard InChI is InChI=1S/C23H20ClF4N3O3S/c24-17-5-9-19(10-6-17)30-22(32)31(20-4-1-3-16(15-20)23(26,27)28)14-2-13-29-35(33,34)21-11-7-18(25)8-12-21/h1,3-12,15,29H,2,13-14H2,(H,30,32). The van der Waals surface area contributed by atoms with Crippen LogP contribution >= 0.6 is 11.6 Å². The lowest BCUT2D eigenvalue weighted by Gasteiger charge is -2.24. The van der Waals surface area contributed by atoms with Crippen molar-refractivity contribution in [3.8, 4) is 0 Å². The third-order valence-corrected chi connectivity index (χ3v) is 6.53. The van der Waals surface area contributed by atoms with Gasteiger partial charge in [-0.2, -0.15) is 13.2 Å². The van der Waals surface area contributed by atoms with Gasteiger partial charge in [-0.25, -0.2) is 22.3 Å². The number of hydrogen-bond acceptors (Lipinski definition) is 3. The molecule has 2 amide bonds. The van der Waals surface area contributed by atoms with Crippen LogP contribution in [0.2, 0.25) is 5.02 Å². The number of hydrogen-bond donors (Lipinski definition) is 2. The lowest BCUT2D eigenvalue weighted by atomic mass is 10.1. The summed E-state index contributed by atoms with van der Waals surface area (Å²) in [5.41, 5.74) is -0.586. The molecule has 3 aromatic carbocycles. The predicted octanol–water partition coefficient (Wildman–Crippen LogP) is 5.91. The second-order valence-corrected chi connectivity index (χ2v) is 9.55. The number of nitrogens with zero attached hydrogens (tertiary/aromatic N) is 1. The third-order valence-electron chi connectivity index (χ3n) is 4.80. The second-order valence-electron chi connectivity index (χ2n) is 7.34. The molecule has 0 atom stereocenters. The summed E-state index contributed by atoms with van der Waals surface area (Å²) in [7, 11) is -3.94. The van der Waals surface area contributed by atoms with Gasteiger partial charge in [0.05, 0.1) is 10.5 Å². The molecule has 0 aliphatic heterocycles. The molecule has 0 fully saturated rings. The van der Waals surface area contributed by atoms with Crippen molar-refractivity contribution in [1.82, 2.24) is 4.72 Å². The molecule has 6 nitrogen and oxygen atoms in total. The molecule has 186 valence electrons. The van der Waals surface area contributed by atoms with Crippen molar-refractivity contribution in [3.05, 3.63) is 89.2 Å². The fraction of sp³-hybridized carbons (Fsp3) is 0.174. The van der Waals surface area contributed by atoms with E-state index in [1.165, 1.54) is 36.4 Å². The average Bonchev–Trinajstić information content (AvgIpc) is 2.80. The lowest BCUT2D eigenvalue weighted by Crippen LogP contribution is -2.37. The van der Waals surface area contributed by atoms with E-state index < -0.39 is 33.6 Å². The zero-order valence-corrected chi connectivity index (χ0v) is 19.6. The number of benzene rings is 3. The summed E-state index contributed by atoms with van der Waals surface area (Å²) in [4.78, 5) is 13.9. The number of rotatable bonds is 8. The van der Waals surface area contributed by atoms with Crippen LogP contribution in [0.15, 0.2) is 77.7 Å². The molecule has 0 saturated heterocycles. The molecule has 3 aromatic rings. The Morgan fingerprint density at radius 2 is 1.63 bits per heavy atom. The largest absolute Gasteiger partial charge is 0.416 e. The number of nitrogens with one attached hydrogen (secondary N) is 2. The first-order valence-corrected chi connectivity index (χ1v) is 12.1. The van der Waals surface area contributed by atoms with Crippen LogP contribution in [0.25, 0.3) is 0 Å². The molecule has 0 bridgehead atoms. The van der Waals surface area contributed by atoms with E-state index in [1.54, 1.807) is 0 Å². The molecule has 2 N–H and O–H groups in total. The van der Waals surface area contributed by atoms with Crippen LogP contribution < -0.4 is 14.9 Å². The zero-order chi connectivity index (χ0) is 25.6. The van der Waals surface area contributed by atoms with E-state index in [0.717, 1.165) is 41.3 Å². The van der Waals surface area contributed by atoms with E-state index in [2.05, 4.69) is 10.0 Å². The maximum absolute atomic E-state index is 13.2. The van der Waals surface area contributed by atoms with Crippen LogP contribution in [0.3, 0.4) is 0 Å². The number of carbonyl (C=O) groups excluding carboxylic acids is 1. The van der Waals surface area contributed by atoms with Gasteiger partial charge < -0.3 is 5.32 Å². The topological polar surface area (TPSA) is 78.5 Å². The van der Waals surface area contributed by atoms with Gasteiger partial charge in [0, 0.05) is 29.5 Å². The molecule has 0 aliphatic rings. The maximum Gasteiger partial charge on any atom is 0.416 e. The highest BCUT2D eigenvalue weighted by Crippen LogP contribution is 2.32. The lowest BCUT2D eigenvalue weighted by molar-refractivity contribution is -0.137. The Kier molecular flexibility index (Phi) is 8.36. The number of alkyl halides is 3. The SMILES string of the molecule is O=C(Nc1ccc(Cl)cc1)N(CCCNS(=O)(=O)c1ccc(F)cc1)c1cccc(C(F)(F)F)c1. The van der Waals surface area contributed by atoms with E-state index >= 15 is 0 Å². The van der Waals surface area contributed by atoms with Crippen LogP contribution in [0.5, 0.6) is 0 Å². The number of urea groups is 1. The zero-order valence-electron chi connectivity index (χ0n) is 18.0. The summed E-state index contributed by atoms with van der Waals surface area (Å²) >= 11 is 5.84. The molecule has 0 saturated carbocycles. The van der Waals surface area contributed by atoms with Gasteiger partial charge in [-0.05, 0) is 73.2 Å². The van der Waals surface area contributed by atoms with Gasteiger partial charge >= 0.3 is 12.2 Å². The minimum Gasteiger partial charge on any atom is -0.308 e. The van der Waals surface area contributed by atoms with Crippen LogP contribution in [0.4, 0.5) is 33.7 Å². The van der Waals surface area contributed by atoms with Crippen molar-refractivity contribution in [2.24, 2.45) is 0 Å². The number of sulfonamides is 1. The molecule has 35 heavy (non-hydrogen) atoms. The Bertz CT molecular complexity index is 1270. The van der Waals surface area contributed by atoms with Gasteiger partial charge in [0.2, 0.25) is 10.0 Å². The van der Waals surface area contributed by atoms with Crippen molar-refractivity contribution in [1.29, 1.82) is 0 Å². The Balaban J connectivity index is 1.74. The summed E-state index contributed by atoms with van der Waals surface area (Å²) in [6, 6.07) is 13.9. The van der Waals surface area contributed by atoms with E-state index in [9.17, 15) is 30.8 Å². The number of carbonyl (C=O) groups is 1.